The number of amides is 1. The molecule has 0 saturated heterocycles. The Morgan fingerprint density at radius 2 is 1.81 bits per heavy atom. The van der Waals surface area contributed by atoms with Crippen molar-refractivity contribution in [1.29, 1.82) is 0 Å². The minimum absolute atomic E-state index is 0.179. The summed E-state index contributed by atoms with van der Waals surface area (Å²) in [4.78, 5) is 24.0. The Hall–Kier alpha value is -1.84. The average Bonchev–Trinajstić information content (AvgIpc) is 2.40. The van der Waals surface area contributed by atoms with Crippen LogP contribution in [0.4, 0.5) is 0 Å². The molecule has 1 aromatic rings. The normalized spacial score (nSPS) is 25.4. The molecule has 1 amide bonds. The third-order valence-electron chi connectivity index (χ3n) is 4.49. The summed E-state index contributed by atoms with van der Waals surface area (Å²) >= 11 is 0. The van der Waals surface area contributed by atoms with Crippen LogP contribution in [0.3, 0.4) is 0 Å². The van der Waals surface area contributed by atoms with Crippen LogP contribution in [0.2, 0.25) is 0 Å². The van der Waals surface area contributed by atoms with E-state index in [-0.39, 0.29) is 11.9 Å². The highest BCUT2D eigenvalue weighted by Gasteiger charge is 2.43. The van der Waals surface area contributed by atoms with Gasteiger partial charge in [0, 0.05) is 11.6 Å². The fourth-order valence-corrected chi connectivity index (χ4v) is 3.17. The first kappa shape index (κ1) is 15.5. The van der Waals surface area contributed by atoms with Gasteiger partial charge in [-0.05, 0) is 45.7 Å². The second-order valence-corrected chi connectivity index (χ2v) is 6.37. The van der Waals surface area contributed by atoms with Gasteiger partial charge >= 0.3 is 5.97 Å². The molecule has 0 aromatic heterocycles. The standard InChI is InChI=1S/C17H23NO3/c1-11-8-12(2)10-13(9-11)15(19)18-14-6-4-5-7-17(14,3)16(20)21/h8-10,14H,4-7H2,1-3H3,(H,18,19)(H,20,21). The summed E-state index contributed by atoms with van der Waals surface area (Å²) in [5, 5.41) is 12.4. The molecular formula is C17H23NO3. The van der Waals surface area contributed by atoms with Crippen LogP contribution in [0.1, 0.15) is 54.1 Å². The Balaban J connectivity index is 2.19. The molecule has 21 heavy (non-hydrogen) atoms. The summed E-state index contributed by atoms with van der Waals surface area (Å²) in [7, 11) is 0. The number of aliphatic carboxylic acids is 1. The first-order valence-electron chi connectivity index (χ1n) is 7.45. The van der Waals surface area contributed by atoms with Crippen LogP contribution in [-0.4, -0.2) is 23.0 Å². The van der Waals surface area contributed by atoms with Gasteiger partial charge in [0.25, 0.3) is 5.91 Å². The Bertz CT molecular complexity index is 547. The third-order valence-corrected chi connectivity index (χ3v) is 4.49. The molecule has 1 saturated carbocycles. The van der Waals surface area contributed by atoms with Crippen LogP contribution >= 0.6 is 0 Å². The number of carboxylic acids is 1. The zero-order valence-corrected chi connectivity index (χ0v) is 12.9. The summed E-state index contributed by atoms with van der Waals surface area (Å²) < 4.78 is 0. The average molecular weight is 289 g/mol. The van der Waals surface area contributed by atoms with Gasteiger partial charge in [0.2, 0.25) is 0 Å². The van der Waals surface area contributed by atoms with Crippen molar-refractivity contribution in [2.75, 3.05) is 0 Å². The lowest BCUT2D eigenvalue weighted by molar-refractivity contribution is -0.151. The molecule has 4 nitrogen and oxygen atoms in total. The molecule has 0 aliphatic heterocycles. The van der Waals surface area contributed by atoms with Crippen molar-refractivity contribution in [3.05, 3.63) is 34.9 Å². The highest BCUT2D eigenvalue weighted by atomic mass is 16.4. The van der Waals surface area contributed by atoms with Gasteiger partial charge in [0.05, 0.1) is 5.41 Å². The lowest BCUT2D eigenvalue weighted by Gasteiger charge is -2.38. The Morgan fingerprint density at radius 3 is 2.38 bits per heavy atom. The Morgan fingerprint density at radius 1 is 1.19 bits per heavy atom. The number of rotatable bonds is 3. The van der Waals surface area contributed by atoms with E-state index in [0.717, 1.165) is 30.4 Å². The molecule has 2 N–H and O–H groups in total. The van der Waals surface area contributed by atoms with Crippen molar-refractivity contribution in [3.8, 4) is 0 Å². The third kappa shape index (κ3) is 3.26. The van der Waals surface area contributed by atoms with E-state index in [1.807, 2.05) is 32.0 Å². The highest BCUT2D eigenvalue weighted by Crippen LogP contribution is 2.36. The molecule has 2 atom stereocenters. The van der Waals surface area contributed by atoms with Crippen molar-refractivity contribution < 1.29 is 14.7 Å². The smallest absolute Gasteiger partial charge is 0.311 e. The van der Waals surface area contributed by atoms with Gasteiger partial charge in [-0.3, -0.25) is 9.59 Å². The minimum atomic E-state index is -0.868. The number of benzene rings is 1. The van der Waals surface area contributed by atoms with E-state index in [1.165, 1.54) is 0 Å². The molecule has 0 heterocycles. The van der Waals surface area contributed by atoms with Crippen LogP contribution in [0.15, 0.2) is 18.2 Å². The number of hydrogen-bond donors (Lipinski definition) is 2. The van der Waals surface area contributed by atoms with Crippen molar-refractivity contribution in [2.24, 2.45) is 5.41 Å². The minimum Gasteiger partial charge on any atom is -0.481 e. The second-order valence-electron chi connectivity index (χ2n) is 6.37. The molecule has 114 valence electrons. The van der Waals surface area contributed by atoms with E-state index in [9.17, 15) is 14.7 Å². The summed E-state index contributed by atoms with van der Waals surface area (Å²) in [6, 6.07) is 5.38. The largest absolute Gasteiger partial charge is 0.481 e. The molecule has 2 unspecified atom stereocenters. The molecule has 0 radical (unpaired) electrons. The zero-order chi connectivity index (χ0) is 15.6. The molecule has 1 fully saturated rings. The van der Waals surface area contributed by atoms with Crippen LogP contribution in [0.25, 0.3) is 0 Å². The van der Waals surface area contributed by atoms with Gasteiger partial charge in [0.15, 0.2) is 0 Å². The quantitative estimate of drug-likeness (QED) is 0.898. The Labute approximate surface area is 125 Å². The van der Waals surface area contributed by atoms with E-state index >= 15 is 0 Å². The number of carbonyl (C=O) groups excluding carboxylic acids is 1. The highest BCUT2D eigenvalue weighted by molar-refractivity contribution is 5.95. The van der Waals surface area contributed by atoms with Gasteiger partial charge in [-0.25, -0.2) is 0 Å². The molecule has 1 aromatic carbocycles. The predicted octanol–water partition coefficient (Wildman–Crippen LogP) is 3.07. The van der Waals surface area contributed by atoms with Gasteiger partial charge < -0.3 is 10.4 Å². The lowest BCUT2D eigenvalue weighted by atomic mass is 9.71. The number of aryl methyl sites for hydroxylation is 2. The molecule has 2 rings (SSSR count). The molecular weight excluding hydrogens is 266 g/mol. The number of hydrogen-bond acceptors (Lipinski definition) is 2. The van der Waals surface area contributed by atoms with E-state index in [1.54, 1.807) is 6.92 Å². The number of carboxylic acid groups (broad SMARTS) is 1. The second kappa shape index (κ2) is 5.88. The monoisotopic (exact) mass is 289 g/mol. The Kier molecular flexibility index (Phi) is 4.35. The molecule has 1 aliphatic rings. The van der Waals surface area contributed by atoms with Gasteiger partial charge in [-0.2, -0.15) is 0 Å². The van der Waals surface area contributed by atoms with Crippen LogP contribution in [0, 0.1) is 19.3 Å². The molecule has 4 heteroatoms. The maximum Gasteiger partial charge on any atom is 0.311 e. The fourth-order valence-electron chi connectivity index (χ4n) is 3.17. The molecule has 0 bridgehead atoms. The predicted molar refractivity (Wildman–Crippen MR) is 81.4 cm³/mol. The van der Waals surface area contributed by atoms with E-state index in [0.29, 0.717) is 12.0 Å². The summed E-state index contributed by atoms with van der Waals surface area (Å²) in [5.41, 5.74) is 1.80. The van der Waals surface area contributed by atoms with Crippen LogP contribution < -0.4 is 5.32 Å². The van der Waals surface area contributed by atoms with Crippen LogP contribution in [-0.2, 0) is 4.79 Å². The summed E-state index contributed by atoms with van der Waals surface area (Å²) in [6.07, 6.45) is 3.19. The first-order chi connectivity index (χ1) is 9.83. The van der Waals surface area contributed by atoms with E-state index in [4.69, 9.17) is 0 Å². The van der Waals surface area contributed by atoms with Crippen molar-refractivity contribution in [2.45, 2.75) is 52.5 Å². The van der Waals surface area contributed by atoms with Gasteiger partial charge in [0.1, 0.15) is 0 Å². The van der Waals surface area contributed by atoms with Crippen molar-refractivity contribution >= 4 is 11.9 Å². The lowest BCUT2D eigenvalue weighted by Crippen LogP contribution is -2.52. The van der Waals surface area contributed by atoms with Gasteiger partial charge in [-0.1, -0.05) is 30.0 Å². The van der Waals surface area contributed by atoms with Crippen molar-refractivity contribution in [1.82, 2.24) is 5.32 Å². The van der Waals surface area contributed by atoms with Crippen LogP contribution in [0.5, 0.6) is 0 Å². The first-order valence-corrected chi connectivity index (χ1v) is 7.45. The van der Waals surface area contributed by atoms with Crippen molar-refractivity contribution in [3.63, 3.8) is 0 Å². The topological polar surface area (TPSA) is 66.4 Å². The van der Waals surface area contributed by atoms with E-state index in [2.05, 4.69) is 5.32 Å². The van der Waals surface area contributed by atoms with Gasteiger partial charge in [-0.15, -0.1) is 0 Å². The number of carbonyl (C=O) groups is 2. The SMILES string of the molecule is Cc1cc(C)cc(C(=O)NC2CCCCC2(C)C(=O)O)c1. The molecule has 1 aliphatic carbocycles. The maximum atomic E-state index is 12.4. The number of nitrogens with one attached hydrogen (secondary N) is 1. The van der Waals surface area contributed by atoms with E-state index < -0.39 is 11.4 Å². The molecule has 0 spiro atoms. The summed E-state index contributed by atoms with van der Waals surface area (Å²) in [5.74, 6) is -1.01. The fraction of sp³-hybridized carbons (Fsp3) is 0.529. The zero-order valence-electron chi connectivity index (χ0n) is 12.9. The summed E-state index contributed by atoms with van der Waals surface area (Å²) in [6.45, 7) is 5.64. The maximum absolute atomic E-state index is 12.4.